The van der Waals surface area contributed by atoms with Crippen LogP contribution in [0.2, 0.25) is 5.02 Å². The molecule has 4 nitrogen and oxygen atoms in total. The van der Waals surface area contributed by atoms with Crippen molar-refractivity contribution >= 4 is 28.8 Å². The van der Waals surface area contributed by atoms with Crippen LogP contribution in [0.5, 0.6) is 5.75 Å². The quantitative estimate of drug-likeness (QED) is 0.899. The molecule has 2 rings (SSSR count). The average Bonchev–Trinajstić information content (AvgIpc) is 2.82. The summed E-state index contributed by atoms with van der Waals surface area (Å²) in [4.78, 5) is 15.8. The first kappa shape index (κ1) is 11.9. The fourth-order valence-electron chi connectivity index (χ4n) is 1.28. The topological polar surface area (TPSA) is 62.2 Å². The van der Waals surface area contributed by atoms with Gasteiger partial charge in [0.15, 0.2) is 0 Å². The number of hydrogen-bond acceptors (Lipinski definition) is 4. The van der Waals surface area contributed by atoms with Gasteiger partial charge in [0.05, 0.1) is 17.1 Å². The summed E-state index contributed by atoms with van der Waals surface area (Å²) < 4.78 is 0. The largest absolute Gasteiger partial charge is 0.508 e. The number of phenolic OH excluding ortho intramolecular Hbond substituents is 1. The molecule has 0 aliphatic heterocycles. The number of carbonyl (C=O) groups is 1. The Balaban J connectivity index is 2.07. The number of thiazole rings is 1. The molecule has 17 heavy (non-hydrogen) atoms. The highest BCUT2D eigenvalue weighted by molar-refractivity contribution is 7.09. The van der Waals surface area contributed by atoms with Crippen LogP contribution in [0.4, 0.5) is 0 Å². The molecule has 1 aromatic heterocycles. The van der Waals surface area contributed by atoms with E-state index in [0.717, 1.165) is 5.01 Å². The van der Waals surface area contributed by atoms with Crippen LogP contribution in [0.15, 0.2) is 29.8 Å². The van der Waals surface area contributed by atoms with Crippen molar-refractivity contribution in [2.24, 2.45) is 0 Å². The third-order valence-corrected chi connectivity index (χ3v) is 3.19. The van der Waals surface area contributed by atoms with E-state index in [9.17, 15) is 9.90 Å². The molecule has 1 heterocycles. The van der Waals surface area contributed by atoms with Crippen molar-refractivity contribution in [1.82, 2.24) is 10.3 Å². The van der Waals surface area contributed by atoms with Crippen molar-refractivity contribution in [3.05, 3.63) is 45.4 Å². The van der Waals surface area contributed by atoms with Gasteiger partial charge in [0.25, 0.3) is 5.91 Å². The van der Waals surface area contributed by atoms with Crippen LogP contribution in [-0.4, -0.2) is 16.0 Å². The normalized spacial score (nSPS) is 10.2. The van der Waals surface area contributed by atoms with Crippen LogP contribution >= 0.6 is 22.9 Å². The summed E-state index contributed by atoms with van der Waals surface area (Å²) in [6.07, 6.45) is 1.67. The predicted molar refractivity (Wildman–Crippen MR) is 66.4 cm³/mol. The molecule has 0 spiro atoms. The molecule has 1 aromatic carbocycles. The second-order valence-electron chi connectivity index (χ2n) is 3.27. The van der Waals surface area contributed by atoms with Crippen LogP contribution in [0.1, 0.15) is 15.4 Å². The zero-order valence-corrected chi connectivity index (χ0v) is 10.3. The van der Waals surface area contributed by atoms with Crippen molar-refractivity contribution in [3.8, 4) is 5.75 Å². The highest BCUT2D eigenvalue weighted by Crippen LogP contribution is 2.21. The molecule has 0 saturated heterocycles. The fraction of sp³-hybridized carbons (Fsp3) is 0.0909. The lowest BCUT2D eigenvalue weighted by molar-refractivity contribution is 0.0950. The number of carbonyl (C=O) groups excluding carboxylic acids is 1. The van der Waals surface area contributed by atoms with Gasteiger partial charge in [-0.3, -0.25) is 4.79 Å². The summed E-state index contributed by atoms with van der Waals surface area (Å²) in [5, 5.41) is 14.9. The average molecular weight is 269 g/mol. The monoisotopic (exact) mass is 268 g/mol. The predicted octanol–water partition coefficient (Wildman–Crippen LogP) is 2.43. The minimum Gasteiger partial charge on any atom is -0.508 e. The molecule has 0 aliphatic carbocycles. The number of nitrogens with one attached hydrogen (secondary N) is 1. The van der Waals surface area contributed by atoms with Gasteiger partial charge in [-0.05, 0) is 18.2 Å². The number of phenols is 1. The van der Waals surface area contributed by atoms with E-state index in [1.807, 2.05) is 5.38 Å². The number of rotatable bonds is 3. The summed E-state index contributed by atoms with van der Waals surface area (Å²) in [5.74, 6) is -0.324. The van der Waals surface area contributed by atoms with Gasteiger partial charge in [-0.1, -0.05) is 11.6 Å². The molecule has 88 valence electrons. The van der Waals surface area contributed by atoms with E-state index < -0.39 is 0 Å². The van der Waals surface area contributed by atoms with Crippen LogP contribution in [0.25, 0.3) is 0 Å². The van der Waals surface area contributed by atoms with Crippen molar-refractivity contribution in [3.63, 3.8) is 0 Å². The van der Waals surface area contributed by atoms with E-state index in [2.05, 4.69) is 10.3 Å². The molecule has 0 aliphatic rings. The fourth-order valence-corrected chi connectivity index (χ4v) is 2.04. The zero-order valence-electron chi connectivity index (χ0n) is 8.68. The Kier molecular flexibility index (Phi) is 3.61. The first-order valence-electron chi connectivity index (χ1n) is 4.82. The molecule has 0 fully saturated rings. The Morgan fingerprint density at radius 2 is 2.35 bits per heavy atom. The number of benzene rings is 1. The van der Waals surface area contributed by atoms with Gasteiger partial charge >= 0.3 is 0 Å². The van der Waals surface area contributed by atoms with Crippen LogP contribution < -0.4 is 5.32 Å². The second kappa shape index (κ2) is 5.16. The van der Waals surface area contributed by atoms with Gasteiger partial charge in [0.2, 0.25) is 0 Å². The number of aromatic hydroxyl groups is 1. The summed E-state index contributed by atoms with van der Waals surface area (Å²) in [5.41, 5.74) is 0.253. The number of aromatic nitrogens is 1. The van der Waals surface area contributed by atoms with Crippen molar-refractivity contribution in [2.75, 3.05) is 0 Å². The Hall–Kier alpha value is -1.59. The van der Waals surface area contributed by atoms with Crippen molar-refractivity contribution < 1.29 is 9.90 Å². The van der Waals surface area contributed by atoms with E-state index in [0.29, 0.717) is 11.6 Å². The molecular weight excluding hydrogens is 260 g/mol. The number of hydrogen-bond donors (Lipinski definition) is 2. The first-order chi connectivity index (χ1) is 8.16. The minimum absolute atomic E-state index is 0.00815. The SMILES string of the molecule is O=C(NCc1nccs1)c1cc(O)ccc1Cl. The van der Waals surface area contributed by atoms with Crippen LogP contribution in [-0.2, 0) is 6.54 Å². The van der Waals surface area contributed by atoms with E-state index in [-0.39, 0.29) is 17.2 Å². The molecule has 6 heteroatoms. The molecule has 1 amide bonds. The zero-order chi connectivity index (χ0) is 12.3. The molecule has 0 unspecified atom stereocenters. The Bertz CT molecular complexity index is 528. The molecule has 2 aromatic rings. The Morgan fingerprint density at radius 1 is 1.53 bits per heavy atom. The summed E-state index contributed by atoms with van der Waals surface area (Å²) >= 11 is 7.33. The smallest absolute Gasteiger partial charge is 0.253 e. The molecule has 0 atom stereocenters. The lowest BCUT2D eigenvalue weighted by Gasteiger charge is -2.05. The third kappa shape index (κ3) is 2.95. The maximum absolute atomic E-state index is 11.8. The number of amides is 1. The van der Waals surface area contributed by atoms with Crippen molar-refractivity contribution in [2.45, 2.75) is 6.54 Å². The van der Waals surface area contributed by atoms with Crippen molar-refractivity contribution in [1.29, 1.82) is 0 Å². The molecular formula is C11H9ClN2O2S. The Labute approximate surface area is 107 Å². The standard InChI is InChI=1S/C11H9ClN2O2S/c12-9-2-1-7(15)5-8(9)11(16)14-6-10-13-3-4-17-10/h1-5,15H,6H2,(H,14,16). The maximum atomic E-state index is 11.8. The van der Waals surface area contributed by atoms with Gasteiger partial charge < -0.3 is 10.4 Å². The van der Waals surface area contributed by atoms with Gasteiger partial charge in [0.1, 0.15) is 10.8 Å². The lowest BCUT2D eigenvalue weighted by atomic mass is 10.2. The van der Waals surface area contributed by atoms with E-state index >= 15 is 0 Å². The number of halogens is 1. The molecule has 0 radical (unpaired) electrons. The maximum Gasteiger partial charge on any atom is 0.253 e. The van der Waals surface area contributed by atoms with Gasteiger partial charge in [-0.25, -0.2) is 4.98 Å². The summed E-state index contributed by atoms with van der Waals surface area (Å²) in [7, 11) is 0. The highest BCUT2D eigenvalue weighted by atomic mass is 35.5. The first-order valence-corrected chi connectivity index (χ1v) is 6.07. The van der Waals surface area contributed by atoms with Gasteiger partial charge in [-0.15, -0.1) is 11.3 Å². The van der Waals surface area contributed by atoms with Gasteiger partial charge in [0, 0.05) is 11.6 Å². The molecule has 0 bridgehead atoms. The summed E-state index contributed by atoms with van der Waals surface area (Å²) in [6, 6.07) is 4.24. The third-order valence-electron chi connectivity index (χ3n) is 2.08. The number of nitrogens with zero attached hydrogens (tertiary/aromatic N) is 1. The van der Waals surface area contributed by atoms with E-state index in [4.69, 9.17) is 11.6 Å². The second-order valence-corrected chi connectivity index (χ2v) is 4.66. The van der Waals surface area contributed by atoms with E-state index in [1.165, 1.54) is 29.5 Å². The van der Waals surface area contributed by atoms with Crippen LogP contribution in [0.3, 0.4) is 0 Å². The Morgan fingerprint density at radius 3 is 3.06 bits per heavy atom. The molecule has 0 saturated carbocycles. The van der Waals surface area contributed by atoms with E-state index in [1.54, 1.807) is 6.20 Å². The minimum atomic E-state index is -0.332. The van der Waals surface area contributed by atoms with Crippen LogP contribution in [0, 0.1) is 0 Å². The van der Waals surface area contributed by atoms with Gasteiger partial charge in [-0.2, -0.15) is 0 Å². The highest BCUT2D eigenvalue weighted by Gasteiger charge is 2.11. The lowest BCUT2D eigenvalue weighted by Crippen LogP contribution is -2.22. The molecule has 2 N–H and O–H groups in total. The summed E-state index contributed by atoms with van der Waals surface area (Å²) in [6.45, 7) is 0.350.